The Morgan fingerprint density at radius 2 is 2.04 bits per heavy atom. The third-order valence-electron chi connectivity index (χ3n) is 4.65. The number of alkyl halides is 1. The summed E-state index contributed by atoms with van der Waals surface area (Å²) >= 11 is 3.60. The molecule has 1 heterocycles. The Morgan fingerprint density at radius 3 is 2.78 bits per heavy atom. The predicted octanol–water partition coefficient (Wildman–Crippen LogP) is 5.50. The van der Waals surface area contributed by atoms with Crippen molar-refractivity contribution in [1.29, 1.82) is 0 Å². The van der Waals surface area contributed by atoms with Gasteiger partial charge in [0.2, 0.25) is 0 Å². The van der Waals surface area contributed by atoms with Crippen LogP contribution in [-0.4, -0.2) is 17.9 Å². The van der Waals surface area contributed by atoms with Crippen molar-refractivity contribution in [2.45, 2.75) is 56.7 Å². The third kappa shape index (κ3) is 5.53. The highest BCUT2D eigenvalue weighted by molar-refractivity contribution is 9.09. The van der Waals surface area contributed by atoms with E-state index >= 15 is 0 Å². The lowest BCUT2D eigenvalue weighted by Crippen LogP contribution is -2.15. The van der Waals surface area contributed by atoms with Gasteiger partial charge in [-0.15, -0.1) is 5.73 Å². The van der Waals surface area contributed by atoms with Crippen LogP contribution >= 0.6 is 15.9 Å². The zero-order valence-corrected chi connectivity index (χ0v) is 16.0. The van der Waals surface area contributed by atoms with E-state index in [1.165, 1.54) is 55.5 Å². The SMILES string of the molecule is C=C=C(Nc1cc(C2CCCCNCCC2)ccc1C)C(C)Br. The molecule has 2 unspecified atom stereocenters. The fourth-order valence-corrected chi connectivity index (χ4v) is 3.45. The third-order valence-corrected chi connectivity index (χ3v) is 5.11. The Hall–Kier alpha value is -1.02. The lowest BCUT2D eigenvalue weighted by atomic mass is 9.89. The molecule has 2 nitrogen and oxygen atoms in total. The summed E-state index contributed by atoms with van der Waals surface area (Å²) in [6, 6.07) is 6.88. The number of benzene rings is 1. The van der Waals surface area contributed by atoms with Crippen molar-refractivity contribution in [1.82, 2.24) is 5.32 Å². The van der Waals surface area contributed by atoms with Crippen molar-refractivity contribution in [3.05, 3.63) is 47.3 Å². The fraction of sp³-hybridized carbons (Fsp3) is 0.550. The van der Waals surface area contributed by atoms with Gasteiger partial charge in [0.15, 0.2) is 0 Å². The first-order valence-electron chi connectivity index (χ1n) is 8.74. The van der Waals surface area contributed by atoms with Gasteiger partial charge in [0.05, 0.1) is 10.5 Å². The molecule has 0 bridgehead atoms. The van der Waals surface area contributed by atoms with Crippen LogP contribution in [0.15, 0.2) is 36.2 Å². The second kappa shape index (κ2) is 9.32. The van der Waals surface area contributed by atoms with Crippen LogP contribution in [0.4, 0.5) is 5.69 Å². The lowest BCUT2D eigenvalue weighted by Gasteiger charge is -2.20. The summed E-state index contributed by atoms with van der Waals surface area (Å²) < 4.78 is 0. The Bertz CT molecular complexity index is 549. The minimum atomic E-state index is 0.221. The fourth-order valence-electron chi connectivity index (χ4n) is 3.17. The molecule has 0 spiro atoms. The van der Waals surface area contributed by atoms with Crippen molar-refractivity contribution in [2.75, 3.05) is 18.4 Å². The number of allylic oxidation sites excluding steroid dienone is 1. The van der Waals surface area contributed by atoms with Crippen LogP contribution in [0, 0.1) is 6.92 Å². The first kappa shape index (κ1) is 18.3. The van der Waals surface area contributed by atoms with Crippen molar-refractivity contribution < 1.29 is 0 Å². The van der Waals surface area contributed by atoms with Gasteiger partial charge >= 0.3 is 0 Å². The van der Waals surface area contributed by atoms with Gasteiger partial charge in [-0.05, 0) is 75.7 Å². The summed E-state index contributed by atoms with van der Waals surface area (Å²) in [5, 5.41) is 7.03. The summed E-state index contributed by atoms with van der Waals surface area (Å²) in [7, 11) is 0. The van der Waals surface area contributed by atoms with Gasteiger partial charge < -0.3 is 10.6 Å². The molecule has 2 rings (SSSR count). The first-order valence-corrected chi connectivity index (χ1v) is 9.65. The molecule has 1 aliphatic heterocycles. The number of halogens is 1. The molecule has 23 heavy (non-hydrogen) atoms. The lowest BCUT2D eigenvalue weighted by molar-refractivity contribution is 0.547. The largest absolute Gasteiger partial charge is 0.351 e. The molecule has 1 fully saturated rings. The van der Waals surface area contributed by atoms with Gasteiger partial charge in [0.1, 0.15) is 0 Å². The predicted molar refractivity (Wildman–Crippen MR) is 105 cm³/mol. The van der Waals surface area contributed by atoms with E-state index in [9.17, 15) is 0 Å². The Kier molecular flexibility index (Phi) is 7.42. The van der Waals surface area contributed by atoms with Crippen LogP contribution in [0.3, 0.4) is 0 Å². The van der Waals surface area contributed by atoms with E-state index in [2.05, 4.69) is 70.9 Å². The van der Waals surface area contributed by atoms with E-state index < -0.39 is 0 Å². The van der Waals surface area contributed by atoms with E-state index in [1.807, 2.05) is 0 Å². The molecule has 0 aromatic heterocycles. The zero-order valence-electron chi connectivity index (χ0n) is 14.4. The summed E-state index contributed by atoms with van der Waals surface area (Å²) in [5.41, 5.74) is 7.90. The zero-order chi connectivity index (χ0) is 16.7. The van der Waals surface area contributed by atoms with Crippen molar-refractivity contribution in [2.24, 2.45) is 0 Å². The normalized spacial score (nSPS) is 20.6. The van der Waals surface area contributed by atoms with Crippen LogP contribution < -0.4 is 10.6 Å². The molecular weight excluding hydrogens is 348 g/mol. The Morgan fingerprint density at radius 1 is 1.30 bits per heavy atom. The van der Waals surface area contributed by atoms with Crippen LogP contribution in [0.2, 0.25) is 0 Å². The van der Waals surface area contributed by atoms with Gasteiger partial charge in [0, 0.05) is 5.69 Å². The maximum Gasteiger partial charge on any atom is 0.0712 e. The number of hydrogen-bond donors (Lipinski definition) is 2. The van der Waals surface area contributed by atoms with E-state index in [-0.39, 0.29) is 4.83 Å². The molecule has 1 saturated heterocycles. The van der Waals surface area contributed by atoms with E-state index in [1.54, 1.807) is 0 Å². The maximum atomic E-state index is 3.79. The molecule has 1 aromatic rings. The summed E-state index contributed by atoms with van der Waals surface area (Å²) in [5.74, 6) is 0.675. The summed E-state index contributed by atoms with van der Waals surface area (Å²) in [6.07, 6.45) is 6.43. The average molecular weight is 377 g/mol. The van der Waals surface area contributed by atoms with Crippen LogP contribution in [-0.2, 0) is 0 Å². The van der Waals surface area contributed by atoms with Crippen molar-refractivity contribution in [3.63, 3.8) is 0 Å². The molecule has 0 saturated carbocycles. The molecule has 1 aliphatic rings. The minimum Gasteiger partial charge on any atom is -0.351 e. The smallest absolute Gasteiger partial charge is 0.0712 e. The second-order valence-corrected chi connectivity index (χ2v) is 7.86. The summed E-state index contributed by atoms with van der Waals surface area (Å²) in [4.78, 5) is 0.221. The molecule has 0 aliphatic carbocycles. The minimum absolute atomic E-state index is 0.221. The van der Waals surface area contributed by atoms with Gasteiger partial charge in [0.25, 0.3) is 0 Å². The van der Waals surface area contributed by atoms with Gasteiger partial charge in [-0.2, -0.15) is 0 Å². The topological polar surface area (TPSA) is 24.1 Å². The average Bonchev–Trinajstić information content (AvgIpc) is 2.67. The van der Waals surface area contributed by atoms with Crippen LogP contribution in [0.5, 0.6) is 0 Å². The van der Waals surface area contributed by atoms with Crippen molar-refractivity contribution in [3.8, 4) is 0 Å². The highest BCUT2D eigenvalue weighted by atomic mass is 79.9. The van der Waals surface area contributed by atoms with E-state index in [4.69, 9.17) is 0 Å². The second-order valence-electron chi connectivity index (χ2n) is 6.49. The first-order chi connectivity index (χ1) is 11.1. The molecule has 1 aromatic carbocycles. The maximum absolute atomic E-state index is 3.79. The Balaban J connectivity index is 2.19. The molecule has 3 heteroatoms. The van der Waals surface area contributed by atoms with Crippen LogP contribution in [0.25, 0.3) is 0 Å². The highest BCUT2D eigenvalue weighted by Crippen LogP contribution is 2.31. The molecule has 2 atom stereocenters. The number of anilines is 1. The molecule has 2 N–H and O–H groups in total. The van der Waals surface area contributed by atoms with Gasteiger partial charge in [-0.25, -0.2) is 0 Å². The molecular formula is C20H29BrN2. The van der Waals surface area contributed by atoms with E-state index in [0.29, 0.717) is 5.92 Å². The molecule has 0 amide bonds. The van der Waals surface area contributed by atoms with Gasteiger partial charge in [-0.1, -0.05) is 41.1 Å². The molecule has 0 radical (unpaired) electrons. The van der Waals surface area contributed by atoms with Crippen LogP contribution in [0.1, 0.15) is 56.1 Å². The number of rotatable bonds is 4. The number of hydrogen-bond acceptors (Lipinski definition) is 2. The standard InChI is InChI=1S/C20H29BrN2/c1-4-19(16(3)21)23-20-14-18(11-10-15(20)2)17-8-5-6-12-22-13-7-9-17/h10-11,14,16-17,22-23H,1,5-9,12-13H2,2-3H3. The van der Waals surface area contributed by atoms with Crippen molar-refractivity contribution >= 4 is 21.6 Å². The Labute approximate surface area is 149 Å². The van der Waals surface area contributed by atoms with Gasteiger partial charge in [-0.3, -0.25) is 0 Å². The molecule has 126 valence electrons. The highest BCUT2D eigenvalue weighted by Gasteiger charge is 2.15. The number of aryl methyl sites for hydroxylation is 1. The quantitative estimate of drug-likeness (QED) is 0.535. The monoisotopic (exact) mass is 376 g/mol. The summed E-state index contributed by atoms with van der Waals surface area (Å²) in [6.45, 7) is 10.4. The number of nitrogens with one attached hydrogen (secondary N) is 2. The van der Waals surface area contributed by atoms with E-state index in [0.717, 1.165) is 12.2 Å².